The van der Waals surface area contributed by atoms with Gasteiger partial charge in [0.2, 0.25) is 0 Å². The monoisotopic (exact) mass is 494 g/mol. The van der Waals surface area contributed by atoms with E-state index in [4.69, 9.17) is 11.6 Å². The Balaban J connectivity index is 1.32. The Hall–Kier alpha value is -3.29. The first kappa shape index (κ1) is 22.5. The van der Waals surface area contributed by atoms with Gasteiger partial charge in [0.15, 0.2) is 10.9 Å². The van der Waals surface area contributed by atoms with E-state index >= 15 is 0 Å². The third-order valence-corrected chi connectivity index (χ3v) is 7.40. The summed E-state index contributed by atoms with van der Waals surface area (Å²) < 4.78 is 15.8. The fraction of sp³-hybridized carbons (Fsp3) is 0.192. The third-order valence-electron chi connectivity index (χ3n) is 6.23. The van der Waals surface area contributed by atoms with E-state index in [0.29, 0.717) is 39.8 Å². The molecule has 0 amide bonds. The van der Waals surface area contributed by atoms with Crippen molar-refractivity contribution in [2.75, 3.05) is 5.32 Å². The molecule has 34 heavy (non-hydrogen) atoms. The molecule has 2 atom stereocenters. The standard InChI is InChI=1S/C26H20ClFN2O3S/c27-17-9-11-22-23(13-17)34-26(30-22)29-21-10-8-16(12-20(21)28)14-4-6-15(7-5-14)24(31)18-2-1-3-19(18)25(32)33/h4-13,18-19H,1-3H2,(H,29,30)(H,32,33)/t18-,19-/m1/s1. The SMILES string of the molecule is O=C(O)[C@@H]1CCC[C@H]1C(=O)c1ccc(-c2ccc(Nc3nc4ccc(Cl)cc4s3)c(F)c2)cc1. The molecule has 5 rings (SSSR count). The van der Waals surface area contributed by atoms with Gasteiger partial charge in [-0.3, -0.25) is 9.59 Å². The van der Waals surface area contributed by atoms with Crippen molar-refractivity contribution in [3.8, 4) is 11.1 Å². The molecule has 3 aromatic carbocycles. The molecule has 0 bridgehead atoms. The lowest BCUT2D eigenvalue weighted by atomic mass is 9.88. The number of carbonyl (C=O) groups excluding carboxylic acids is 1. The number of carboxylic acids is 1. The number of thiazole rings is 1. The zero-order valence-electron chi connectivity index (χ0n) is 17.9. The molecule has 1 fully saturated rings. The summed E-state index contributed by atoms with van der Waals surface area (Å²) in [5.41, 5.74) is 3.01. The van der Waals surface area contributed by atoms with Crippen molar-refractivity contribution >= 4 is 55.7 Å². The van der Waals surface area contributed by atoms with E-state index in [-0.39, 0.29) is 5.78 Å². The molecular weight excluding hydrogens is 475 g/mol. The number of fused-ring (bicyclic) bond motifs is 1. The van der Waals surface area contributed by atoms with Gasteiger partial charge in [0, 0.05) is 16.5 Å². The number of aromatic nitrogens is 1. The van der Waals surface area contributed by atoms with Crippen molar-refractivity contribution in [2.45, 2.75) is 19.3 Å². The van der Waals surface area contributed by atoms with Crippen LogP contribution >= 0.6 is 22.9 Å². The maximum absolute atomic E-state index is 14.9. The molecule has 0 saturated heterocycles. The van der Waals surface area contributed by atoms with Crippen LogP contribution in [0.2, 0.25) is 5.02 Å². The normalized spacial score (nSPS) is 17.7. The summed E-state index contributed by atoms with van der Waals surface area (Å²) in [4.78, 5) is 28.7. The summed E-state index contributed by atoms with van der Waals surface area (Å²) in [5.74, 6) is -2.57. The van der Waals surface area contributed by atoms with Crippen LogP contribution in [0, 0.1) is 17.7 Å². The molecule has 5 nitrogen and oxygen atoms in total. The molecule has 2 N–H and O–H groups in total. The summed E-state index contributed by atoms with van der Waals surface area (Å²) in [5, 5.41) is 13.6. The minimum Gasteiger partial charge on any atom is -0.481 e. The molecule has 4 aromatic rings. The van der Waals surface area contributed by atoms with Crippen LogP contribution in [0.15, 0.2) is 60.7 Å². The number of aliphatic carboxylic acids is 1. The number of benzene rings is 3. The van der Waals surface area contributed by atoms with Crippen LogP contribution < -0.4 is 5.32 Å². The number of nitrogens with zero attached hydrogens (tertiary/aromatic N) is 1. The molecule has 8 heteroatoms. The average Bonchev–Trinajstić information content (AvgIpc) is 3.47. The number of nitrogens with one attached hydrogen (secondary N) is 1. The average molecular weight is 495 g/mol. The number of anilines is 2. The number of carboxylic acid groups (broad SMARTS) is 1. The smallest absolute Gasteiger partial charge is 0.307 e. The number of hydrogen-bond donors (Lipinski definition) is 2. The van der Waals surface area contributed by atoms with Crippen LogP contribution in [-0.2, 0) is 4.79 Å². The predicted molar refractivity (Wildman–Crippen MR) is 133 cm³/mol. The molecule has 1 saturated carbocycles. The van der Waals surface area contributed by atoms with Gasteiger partial charge in [-0.05, 0) is 54.3 Å². The van der Waals surface area contributed by atoms with Gasteiger partial charge in [0.05, 0.1) is 21.8 Å². The summed E-state index contributed by atoms with van der Waals surface area (Å²) in [7, 11) is 0. The Labute approximate surface area is 204 Å². The molecule has 0 radical (unpaired) electrons. The maximum Gasteiger partial charge on any atom is 0.307 e. The predicted octanol–water partition coefficient (Wildman–Crippen LogP) is 7.18. The third kappa shape index (κ3) is 4.41. The zero-order valence-corrected chi connectivity index (χ0v) is 19.5. The molecule has 0 spiro atoms. The highest BCUT2D eigenvalue weighted by atomic mass is 35.5. The maximum atomic E-state index is 14.9. The van der Waals surface area contributed by atoms with Gasteiger partial charge >= 0.3 is 5.97 Å². The Morgan fingerprint density at radius 1 is 1.00 bits per heavy atom. The highest BCUT2D eigenvalue weighted by Gasteiger charge is 2.37. The van der Waals surface area contributed by atoms with Gasteiger partial charge in [-0.2, -0.15) is 0 Å². The van der Waals surface area contributed by atoms with Crippen molar-refractivity contribution in [3.63, 3.8) is 0 Å². The van der Waals surface area contributed by atoms with Gasteiger partial charge in [0.25, 0.3) is 0 Å². The topological polar surface area (TPSA) is 79.3 Å². The van der Waals surface area contributed by atoms with Gasteiger partial charge in [0.1, 0.15) is 5.82 Å². The number of ketones is 1. The van der Waals surface area contributed by atoms with Crippen molar-refractivity contribution < 1.29 is 19.1 Å². The first-order valence-corrected chi connectivity index (χ1v) is 12.1. The zero-order chi connectivity index (χ0) is 23.8. The summed E-state index contributed by atoms with van der Waals surface area (Å²) in [6.07, 6.45) is 1.88. The first-order chi connectivity index (χ1) is 16.4. The van der Waals surface area contributed by atoms with Crippen LogP contribution in [0.5, 0.6) is 0 Å². The molecule has 172 valence electrons. The van der Waals surface area contributed by atoms with Crippen LogP contribution in [-0.4, -0.2) is 21.8 Å². The lowest BCUT2D eigenvalue weighted by Crippen LogP contribution is -2.25. The van der Waals surface area contributed by atoms with E-state index in [1.54, 1.807) is 42.5 Å². The van der Waals surface area contributed by atoms with Crippen LogP contribution in [0.1, 0.15) is 29.6 Å². The Bertz CT molecular complexity index is 1400. The molecule has 1 aromatic heterocycles. The number of rotatable bonds is 6. The quantitative estimate of drug-likeness (QED) is 0.277. The van der Waals surface area contributed by atoms with Crippen molar-refractivity contribution in [1.82, 2.24) is 4.98 Å². The number of halogens is 2. The highest BCUT2D eigenvalue weighted by Crippen LogP contribution is 2.35. The van der Waals surface area contributed by atoms with E-state index < -0.39 is 23.6 Å². The van der Waals surface area contributed by atoms with E-state index in [2.05, 4.69) is 10.3 Å². The number of hydrogen-bond acceptors (Lipinski definition) is 5. The first-order valence-electron chi connectivity index (χ1n) is 10.9. The largest absolute Gasteiger partial charge is 0.481 e. The Morgan fingerprint density at radius 3 is 2.47 bits per heavy atom. The molecule has 1 aliphatic carbocycles. The Morgan fingerprint density at radius 2 is 1.74 bits per heavy atom. The van der Waals surface area contributed by atoms with Gasteiger partial charge < -0.3 is 10.4 Å². The van der Waals surface area contributed by atoms with Crippen LogP contribution in [0.25, 0.3) is 21.3 Å². The molecule has 1 heterocycles. The fourth-order valence-corrected chi connectivity index (χ4v) is 5.63. The van der Waals surface area contributed by atoms with E-state index in [0.717, 1.165) is 22.2 Å². The second-order valence-electron chi connectivity index (χ2n) is 8.37. The second-order valence-corrected chi connectivity index (χ2v) is 9.84. The minimum absolute atomic E-state index is 0.140. The van der Waals surface area contributed by atoms with Gasteiger partial charge in [-0.25, -0.2) is 9.37 Å². The lowest BCUT2D eigenvalue weighted by Gasteiger charge is -2.15. The van der Waals surface area contributed by atoms with Gasteiger partial charge in [-0.1, -0.05) is 59.7 Å². The summed E-state index contributed by atoms with van der Waals surface area (Å²) in [6.45, 7) is 0. The highest BCUT2D eigenvalue weighted by molar-refractivity contribution is 7.22. The molecule has 1 aliphatic rings. The van der Waals surface area contributed by atoms with Crippen molar-refractivity contribution in [3.05, 3.63) is 77.1 Å². The summed E-state index contributed by atoms with van der Waals surface area (Å²) >= 11 is 7.41. The van der Waals surface area contributed by atoms with Crippen LogP contribution in [0.3, 0.4) is 0 Å². The lowest BCUT2D eigenvalue weighted by molar-refractivity contribution is -0.142. The van der Waals surface area contributed by atoms with Gasteiger partial charge in [-0.15, -0.1) is 0 Å². The van der Waals surface area contributed by atoms with Crippen molar-refractivity contribution in [2.24, 2.45) is 11.8 Å². The van der Waals surface area contributed by atoms with Crippen molar-refractivity contribution in [1.29, 1.82) is 0 Å². The number of Topliss-reactive ketones (excluding diaryl/α,β-unsaturated/α-hetero) is 1. The van der Waals surface area contributed by atoms with E-state index in [1.165, 1.54) is 17.4 Å². The second kappa shape index (κ2) is 9.16. The molecular formula is C26H20ClFN2O3S. The van der Waals surface area contributed by atoms with E-state index in [1.807, 2.05) is 12.1 Å². The van der Waals surface area contributed by atoms with E-state index in [9.17, 15) is 19.1 Å². The fourth-order valence-electron chi connectivity index (χ4n) is 4.47. The number of carbonyl (C=O) groups is 2. The minimum atomic E-state index is -0.911. The summed E-state index contributed by atoms with van der Waals surface area (Å²) in [6, 6.07) is 17.2. The molecule has 0 aliphatic heterocycles. The van der Waals surface area contributed by atoms with Crippen LogP contribution in [0.4, 0.5) is 15.2 Å². The Kier molecular flexibility index (Phi) is 6.06. The molecule has 0 unspecified atom stereocenters.